The van der Waals surface area contributed by atoms with Crippen LogP contribution in [0.2, 0.25) is 0 Å². The average molecular weight is 286 g/mol. The number of rotatable bonds is 7. The van der Waals surface area contributed by atoms with Crippen molar-refractivity contribution in [2.24, 2.45) is 0 Å². The molecule has 3 atom stereocenters. The first-order chi connectivity index (χ1) is 9.20. The van der Waals surface area contributed by atoms with Gasteiger partial charge in [-0.15, -0.1) is 0 Å². The number of unbranched alkanes of at least 4 members (excludes halogenated alkanes) is 2. The Bertz CT molecular complexity index is 338. The number of amides is 2. The van der Waals surface area contributed by atoms with Crippen LogP contribution in [-0.2, 0) is 9.53 Å². The molecule has 5 nitrogen and oxygen atoms in total. The largest absolute Gasteiger partial charge is 0.466 e. The number of hydrogen-bond donors (Lipinski definition) is 2. The van der Waals surface area contributed by atoms with Gasteiger partial charge in [-0.3, -0.25) is 4.79 Å². The fraction of sp³-hybridized carbons (Fsp3) is 0.846. The molecule has 2 fully saturated rings. The Balaban J connectivity index is 1.54. The Kier molecular flexibility index (Phi) is 5.36. The molecule has 0 spiro atoms. The molecule has 2 amide bonds. The predicted molar refractivity (Wildman–Crippen MR) is 75.2 cm³/mol. The van der Waals surface area contributed by atoms with E-state index in [9.17, 15) is 9.59 Å². The van der Waals surface area contributed by atoms with Gasteiger partial charge in [0.1, 0.15) is 0 Å². The number of urea groups is 1. The number of hydrogen-bond acceptors (Lipinski definition) is 4. The molecule has 0 radical (unpaired) electrons. The molecule has 0 saturated carbocycles. The molecule has 6 heteroatoms. The second-order valence-corrected chi connectivity index (χ2v) is 6.32. The van der Waals surface area contributed by atoms with Gasteiger partial charge in [0, 0.05) is 17.4 Å². The molecular weight excluding hydrogens is 264 g/mol. The number of carbonyl (C=O) groups is 2. The summed E-state index contributed by atoms with van der Waals surface area (Å²) in [5.41, 5.74) is 0. The van der Waals surface area contributed by atoms with Crippen LogP contribution in [0.15, 0.2) is 0 Å². The smallest absolute Gasteiger partial charge is 0.315 e. The lowest BCUT2D eigenvalue weighted by molar-refractivity contribution is -0.143. The number of fused-ring (bicyclic) bond motifs is 1. The Morgan fingerprint density at radius 1 is 1.37 bits per heavy atom. The van der Waals surface area contributed by atoms with Crippen LogP contribution in [0.3, 0.4) is 0 Å². The first-order valence-electron chi connectivity index (χ1n) is 7.05. The minimum Gasteiger partial charge on any atom is -0.466 e. The number of nitrogens with one attached hydrogen (secondary N) is 2. The minimum absolute atomic E-state index is 0.0215. The van der Waals surface area contributed by atoms with Gasteiger partial charge in [0.05, 0.1) is 18.7 Å². The van der Waals surface area contributed by atoms with Crippen LogP contribution < -0.4 is 10.6 Å². The summed E-state index contributed by atoms with van der Waals surface area (Å²) in [5.74, 6) is 0.899. The lowest BCUT2D eigenvalue weighted by Gasteiger charge is -2.16. The van der Waals surface area contributed by atoms with E-state index in [1.165, 1.54) is 0 Å². The highest BCUT2D eigenvalue weighted by Crippen LogP contribution is 2.33. The predicted octanol–water partition coefficient (Wildman–Crippen LogP) is 1.67. The Morgan fingerprint density at radius 3 is 3.00 bits per heavy atom. The zero-order chi connectivity index (χ0) is 13.7. The number of carbonyl (C=O) groups excluding carboxylic acids is 2. The van der Waals surface area contributed by atoms with E-state index < -0.39 is 0 Å². The summed E-state index contributed by atoms with van der Waals surface area (Å²) in [5, 5.41) is 6.48. The molecule has 0 aromatic heterocycles. The Morgan fingerprint density at radius 2 is 2.21 bits per heavy atom. The highest BCUT2D eigenvalue weighted by molar-refractivity contribution is 8.00. The van der Waals surface area contributed by atoms with Gasteiger partial charge in [0.2, 0.25) is 0 Å². The molecule has 0 aliphatic carbocycles. The summed E-state index contributed by atoms with van der Waals surface area (Å²) in [4.78, 5) is 22.2. The van der Waals surface area contributed by atoms with Crippen molar-refractivity contribution in [3.05, 3.63) is 0 Å². The Hall–Kier alpha value is -0.910. The first-order valence-corrected chi connectivity index (χ1v) is 8.10. The summed E-state index contributed by atoms with van der Waals surface area (Å²) in [6, 6.07) is 0.593. The molecule has 0 bridgehead atoms. The van der Waals surface area contributed by atoms with Crippen molar-refractivity contribution < 1.29 is 14.3 Å². The highest BCUT2D eigenvalue weighted by atomic mass is 32.2. The number of thioether (sulfide) groups is 1. The molecule has 108 valence electrons. The lowest BCUT2D eigenvalue weighted by Crippen LogP contribution is -2.36. The summed E-state index contributed by atoms with van der Waals surface area (Å²) in [7, 11) is 0. The van der Waals surface area contributed by atoms with E-state index in [0.29, 0.717) is 30.4 Å². The zero-order valence-electron chi connectivity index (χ0n) is 11.3. The van der Waals surface area contributed by atoms with Crippen LogP contribution in [0.5, 0.6) is 0 Å². The van der Waals surface area contributed by atoms with Crippen molar-refractivity contribution in [2.75, 3.05) is 12.4 Å². The van der Waals surface area contributed by atoms with Gasteiger partial charge in [-0.2, -0.15) is 11.8 Å². The van der Waals surface area contributed by atoms with Crippen LogP contribution >= 0.6 is 11.8 Å². The molecule has 2 saturated heterocycles. The molecule has 2 heterocycles. The molecule has 0 aromatic rings. The van der Waals surface area contributed by atoms with Gasteiger partial charge < -0.3 is 15.4 Å². The number of esters is 1. The van der Waals surface area contributed by atoms with Gasteiger partial charge in [0.25, 0.3) is 0 Å². The lowest BCUT2D eigenvalue weighted by atomic mass is 10.0. The first kappa shape index (κ1) is 14.5. The quantitative estimate of drug-likeness (QED) is 0.424. The van der Waals surface area contributed by atoms with Gasteiger partial charge in [-0.05, 0) is 12.8 Å². The third-order valence-electron chi connectivity index (χ3n) is 3.62. The van der Waals surface area contributed by atoms with Crippen LogP contribution in [-0.4, -0.2) is 41.7 Å². The van der Waals surface area contributed by atoms with Crippen LogP contribution in [0, 0.1) is 0 Å². The van der Waals surface area contributed by atoms with Crippen LogP contribution in [0.1, 0.15) is 39.0 Å². The minimum atomic E-state index is -0.117. The maximum absolute atomic E-state index is 11.2. The standard InChI is InChI=1S/C13H22N2O3S/c1-2-11(16)18-7-5-3-4-6-10-12-9(8-19-10)14-13(17)15-12/h9-10,12H,2-8H2,1H3,(H2,14,15,17). The average Bonchev–Trinajstić information content (AvgIpc) is 2.93. The summed E-state index contributed by atoms with van der Waals surface area (Å²) >= 11 is 1.95. The second-order valence-electron chi connectivity index (χ2n) is 5.05. The SMILES string of the molecule is CCC(=O)OCCCCCC1SCC2NC(=O)NC21. The van der Waals surface area contributed by atoms with Crippen molar-refractivity contribution >= 4 is 23.8 Å². The maximum Gasteiger partial charge on any atom is 0.315 e. The molecular formula is C13H22N2O3S. The molecule has 2 aliphatic heterocycles. The van der Waals surface area contributed by atoms with Crippen molar-refractivity contribution in [1.82, 2.24) is 10.6 Å². The van der Waals surface area contributed by atoms with E-state index in [0.717, 1.165) is 31.4 Å². The normalized spacial score (nSPS) is 28.7. The fourth-order valence-electron chi connectivity index (χ4n) is 2.56. The second kappa shape index (κ2) is 7.03. The van der Waals surface area contributed by atoms with Crippen molar-refractivity contribution in [3.63, 3.8) is 0 Å². The monoisotopic (exact) mass is 286 g/mol. The topological polar surface area (TPSA) is 67.4 Å². The summed E-state index contributed by atoms with van der Waals surface area (Å²) in [6.07, 6.45) is 4.71. The van der Waals surface area contributed by atoms with Crippen molar-refractivity contribution in [3.8, 4) is 0 Å². The molecule has 2 aliphatic rings. The van der Waals surface area contributed by atoms with E-state index >= 15 is 0 Å². The third-order valence-corrected chi connectivity index (χ3v) is 5.13. The van der Waals surface area contributed by atoms with Gasteiger partial charge in [-0.1, -0.05) is 19.8 Å². The van der Waals surface area contributed by atoms with E-state index in [1.54, 1.807) is 6.92 Å². The molecule has 19 heavy (non-hydrogen) atoms. The zero-order valence-corrected chi connectivity index (χ0v) is 12.1. The Labute approximate surface area is 118 Å². The maximum atomic E-state index is 11.2. The summed E-state index contributed by atoms with van der Waals surface area (Å²) in [6.45, 7) is 2.34. The van der Waals surface area contributed by atoms with Crippen LogP contribution in [0.25, 0.3) is 0 Å². The highest BCUT2D eigenvalue weighted by Gasteiger charge is 2.42. The van der Waals surface area contributed by atoms with E-state index in [2.05, 4.69) is 10.6 Å². The summed E-state index contributed by atoms with van der Waals surface area (Å²) < 4.78 is 5.04. The van der Waals surface area contributed by atoms with Crippen LogP contribution in [0.4, 0.5) is 4.79 Å². The fourth-order valence-corrected chi connectivity index (χ4v) is 4.10. The molecule has 2 N–H and O–H groups in total. The van der Waals surface area contributed by atoms with E-state index in [4.69, 9.17) is 4.74 Å². The number of ether oxygens (including phenoxy) is 1. The molecule has 3 unspecified atom stereocenters. The van der Waals surface area contributed by atoms with Gasteiger partial charge in [0.15, 0.2) is 0 Å². The van der Waals surface area contributed by atoms with E-state index in [-0.39, 0.29) is 12.0 Å². The van der Waals surface area contributed by atoms with E-state index in [1.807, 2.05) is 11.8 Å². The molecule has 0 aromatic carbocycles. The van der Waals surface area contributed by atoms with Crippen molar-refractivity contribution in [1.29, 1.82) is 0 Å². The van der Waals surface area contributed by atoms with Gasteiger partial charge in [-0.25, -0.2) is 4.79 Å². The molecule has 2 rings (SSSR count). The van der Waals surface area contributed by atoms with Crippen molar-refractivity contribution in [2.45, 2.75) is 56.4 Å². The third kappa shape index (κ3) is 4.03. The van der Waals surface area contributed by atoms with Gasteiger partial charge >= 0.3 is 12.0 Å².